The van der Waals surface area contributed by atoms with Crippen molar-refractivity contribution in [3.05, 3.63) is 59.2 Å². The van der Waals surface area contributed by atoms with Crippen molar-refractivity contribution in [1.82, 2.24) is 5.32 Å². The summed E-state index contributed by atoms with van der Waals surface area (Å²) in [4.78, 5) is 0. The first-order chi connectivity index (χ1) is 10.3. The van der Waals surface area contributed by atoms with E-state index in [9.17, 15) is 0 Å². The maximum absolute atomic E-state index is 8.91. The van der Waals surface area contributed by atoms with E-state index in [0.717, 1.165) is 18.7 Å². The van der Waals surface area contributed by atoms with Crippen molar-refractivity contribution < 1.29 is 4.74 Å². The molecule has 0 fully saturated rings. The van der Waals surface area contributed by atoms with Gasteiger partial charge in [0, 0.05) is 12.5 Å². The minimum Gasteiger partial charge on any atom is -0.376 e. The van der Waals surface area contributed by atoms with E-state index < -0.39 is 0 Å². The number of benzene rings is 2. The van der Waals surface area contributed by atoms with Crippen LogP contribution in [-0.4, -0.2) is 20.2 Å². The number of hydrogen-bond acceptors (Lipinski definition) is 3. The third kappa shape index (κ3) is 2.69. The Labute approximate surface area is 125 Å². The SMILES string of the molecule is CNC[C@H]1COCc2c(-c3ccc(C#N)cc3)cccc21. The highest BCUT2D eigenvalue weighted by Crippen LogP contribution is 2.34. The van der Waals surface area contributed by atoms with Crippen LogP contribution in [0.2, 0.25) is 0 Å². The van der Waals surface area contributed by atoms with Gasteiger partial charge >= 0.3 is 0 Å². The summed E-state index contributed by atoms with van der Waals surface area (Å²) < 4.78 is 5.78. The number of nitriles is 1. The van der Waals surface area contributed by atoms with E-state index in [2.05, 4.69) is 29.6 Å². The largest absolute Gasteiger partial charge is 0.376 e. The highest BCUT2D eigenvalue weighted by molar-refractivity contribution is 5.70. The molecule has 0 spiro atoms. The van der Waals surface area contributed by atoms with E-state index in [0.29, 0.717) is 18.1 Å². The van der Waals surface area contributed by atoms with Gasteiger partial charge in [0.25, 0.3) is 0 Å². The van der Waals surface area contributed by atoms with E-state index in [1.165, 1.54) is 16.7 Å². The molecule has 0 saturated carbocycles. The zero-order chi connectivity index (χ0) is 14.7. The Morgan fingerprint density at radius 3 is 2.76 bits per heavy atom. The van der Waals surface area contributed by atoms with Crippen molar-refractivity contribution >= 4 is 0 Å². The van der Waals surface area contributed by atoms with Crippen LogP contribution in [0.15, 0.2) is 42.5 Å². The molecule has 2 aromatic carbocycles. The summed E-state index contributed by atoms with van der Waals surface area (Å²) >= 11 is 0. The third-order valence-electron chi connectivity index (χ3n) is 3.99. The summed E-state index contributed by atoms with van der Waals surface area (Å²) in [7, 11) is 1.97. The smallest absolute Gasteiger partial charge is 0.0991 e. The molecular formula is C18H18N2O. The molecule has 1 aliphatic rings. The molecule has 1 atom stereocenters. The van der Waals surface area contributed by atoms with E-state index in [1.54, 1.807) is 0 Å². The average molecular weight is 278 g/mol. The normalized spacial score (nSPS) is 17.0. The molecule has 1 N–H and O–H groups in total. The quantitative estimate of drug-likeness (QED) is 0.938. The van der Waals surface area contributed by atoms with Gasteiger partial charge in [0.1, 0.15) is 0 Å². The summed E-state index contributed by atoms with van der Waals surface area (Å²) in [6, 6.07) is 16.4. The van der Waals surface area contributed by atoms with Crippen molar-refractivity contribution in [2.45, 2.75) is 12.5 Å². The lowest BCUT2D eigenvalue weighted by Crippen LogP contribution is -2.26. The van der Waals surface area contributed by atoms with E-state index in [-0.39, 0.29) is 0 Å². The molecule has 3 rings (SSSR count). The predicted molar refractivity (Wildman–Crippen MR) is 82.9 cm³/mol. The van der Waals surface area contributed by atoms with Crippen LogP contribution in [0.1, 0.15) is 22.6 Å². The summed E-state index contributed by atoms with van der Waals surface area (Å²) in [5, 5.41) is 12.1. The highest BCUT2D eigenvalue weighted by Gasteiger charge is 2.22. The topological polar surface area (TPSA) is 45.0 Å². The fourth-order valence-electron chi connectivity index (χ4n) is 2.95. The van der Waals surface area contributed by atoms with Gasteiger partial charge in [0.05, 0.1) is 24.8 Å². The highest BCUT2D eigenvalue weighted by atomic mass is 16.5. The van der Waals surface area contributed by atoms with Crippen molar-refractivity contribution in [3.8, 4) is 17.2 Å². The van der Waals surface area contributed by atoms with E-state index in [1.807, 2.05) is 31.3 Å². The Balaban J connectivity index is 2.03. The molecule has 21 heavy (non-hydrogen) atoms. The van der Waals surface area contributed by atoms with Crippen molar-refractivity contribution in [1.29, 1.82) is 5.26 Å². The van der Waals surface area contributed by atoms with Gasteiger partial charge in [0.2, 0.25) is 0 Å². The van der Waals surface area contributed by atoms with Crippen LogP contribution in [0, 0.1) is 11.3 Å². The second-order valence-corrected chi connectivity index (χ2v) is 5.33. The van der Waals surface area contributed by atoms with Crippen LogP contribution in [0.4, 0.5) is 0 Å². The monoisotopic (exact) mass is 278 g/mol. The number of fused-ring (bicyclic) bond motifs is 1. The summed E-state index contributed by atoms with van der Waals surface area (Å²) in [6.07, 6.45) is 0. The Hall–Kier alpha value is -2.15. The lowest BCUT2D eigenvalue weighted by atomic mass is 9.87. The van der Waals surface area contributed by atoms with Crippen LogP contribution >= 0.6 is 0 Å². The van der Waals surface area contributed by atoms with Gasteiger partial charge in [-0.15, -0.1) is 0 Å². The second-order valence-electron chi connectivity index (χ2n) is 5.33. The van der Waals surface area contributed by atoms with Crippen LogP contribution < -0.4 is 5.32 Å². The lowest BCUT2D eigenvalue weighted by Gasteiger charge is -2.27. The number of nitrogens with zero attached hydrogens (tertiary/aromatic N) is 1. The fourth-order valence-corrected chi connectivity index (χ4v) is 2.95. The molecule has 1 aliphatic heterocycles. The molecular weight excluding hydrogens is 260 g/mol. The van der Waals surface area contributed by atoms with Crippen LogP contribution in [0.25, 0.3) is 11.1 Å². The van der Waals surface area contributed by atoms with Crippen LogP contribution in [0.3, 0.4) is 0 Å². The first kappa shape index (κ1) is 13.8. The van der Waals surface area contributed by atoms with Gasteiger partial charge in [-0.25, -0.2) is 0 Å². The molecule has 2 aromatic rings. The Morgan fingerprint density at radius 1 is 1.24 bits per heavy atom. The molecule has 3 nitrogen and oxygen atoms in total. The van der Waals surface area contributed by atoms with Crippen molar-refractivity contribution in [3.63, 3.8) is 0 Å². The average Bonchev–Trinajstić information content (AvgIpc) is 2.55. The fraction of sp³-hybridized carbons (Fsp3) is 0.278. The maximum Gasteiger partial charge on any atom is 0.0991 e. The van der Waals surface area contributed by atoms with Gasteiger partial charge in [-0.1, -0.05) is 30.3 Å². The van der Waals surface area contributed by atoms with Gasteiger partial charge in [-0.2, -0.15) is 5.26 Å². The Morgan fingerprint density at radius 2 is 2.05 bits per heavy atom. The zero-order valence-corrected chi connectivity index (χ0v) is 12.1. The second kappa shape index (κ2) is 6.09. The summed E-state index contributed by atoms with van der Waals surface area (Å²) in [5.41, 5.74) is 5.68. The number of ether oxygens (including phenoxy) is 1. The standard InChI is InChI=1S/C18H18N2O/c1-20-10-15-11-21-12-18-16(3-2-4-17(15)18)14-7-5-13(9-19)6-8-14/h2-8,15,20H,10-12H2,1H3/t15-/m0/s1. The van der Waals surface area contributed by atoms with Crippen molar-refractivity contribution in [2.75, 3.05) is 20.2 Å². The van der Waals surface area contributed by atoms with Crippen molar-refractivity contribution in [2.24, 2.45) is 0 Å². The molecule has 0 aromatic heterocycles. The van der Waals surface area contributed by atoms with Crippen LogP contribution in [-0.2, 0) is 11.3 Å². The first-order valence-electron chi connectivity index (χ1n) is 7.18. The number of rotatable bonds is 3. The maximum atomic E-state index is 8.91. The summed E-state index contributed by atoms with van der Waals surface area (Å²) in [5.74, 6) is 0.400. The van der Waals surface area contributed by atoms with Gasteiger partial charge in [-0.05, 0) is 41.4 Å². The predicted octanol–water partition coefficient (Wildman–Crippen LogP) is 3.06. The molecule has 0 amide bonds. The Kier molecular flexibility index (Phi) is 4.01. The number of hydrogen-bond donors (Lipinski definition) is 1. The molecule has 0 radical (unpaired) electrons. The van der Waals surface area contributed by atoms with Gasteiger partial charge < -0.3 is 10.1 Å². The number of nitrogens with one attached hydrogen (secondary N) is 1. The minimum atomic E-state index is 0.400. The molecule has 0 aliphatic carbocycles. The molecule has 3 heteroatoms. The molecule has 0 unspecified atom stereocenters. The molecule has 1 heterocycles. The molecule has 106 valence electrons. The third-order valence-corrected chi connectivity index (χ3v) is 3.99. The zero-order valence-electron chi connectivity index (χ0n) is 12.1. The molecule has 0 saturated heterocycles. The number of likely N-dealkylation sites (N-methyl/N-ethyl adjacent to an activating group) is 1. The van der Waals surface area contributed by atoms with E-state index in [4.69, 9.17) is 10.00 Å². The van der Waals surface area contributed by atoms with E-state index >= 15 is 0 Å². The summed E-state index contributed by atoms with van der Waals surface area (Å²) in [6.45, 7) is 2.35. The lowest BCUT2D eigenvalue weighted by molar-refractivity contribution is 0.0915. The molecule has 0 bridgehead atoms. The minimum absolute atomic E-state index is 0.400. The van der Waals surface area contributed by atoms with Gasteiger partial charge in [-0.3, -0.25) is 0 Å². The Bertz CT molecular complexity index is 671. The van der Waals surface area contributed by atoms with Gasteiger partial charge in [0.15, 0.2) is 0 Å². The van der Waals surface area contributed by atoms with Crippen LogP contribution in [0.5, 0.6) is 0 Å². The first-order valence-corrected chi connectivity index (χ1v) is 7.18.